The van der Waals surface area contributed by atoms with E-state index in [2.05, 4.69) is 5.16 Å². The molecule has 0 radical (unpaired) electrons. The summed E-state index contributed by atoms with van der Waals surface area (Å²) in [6.07, 6.45) is 0. The molecule has 2 N–H and O–H groups in total. The molecule has 0 saturated heterocycles. The molecule has 0 fully saturated rings. The first kappa shape index (κ1) is 9.02. The van der Waals surface area contributed by atoms with Crippen molar-refractivity contribution in [3.8, 4) is 22.8 Å². The Labute approximate surface area is 89.5 Å². The lowest BCUT2D eigenvalue weighted by atomic mass is 10.1. The standard InChI is InChI=1S/C10H7FN2O3/c11-5-1-2-7-10(15-4-14-7)9(5)6-3-8(12)16-13-6/h1-3H,4,12H2. The van der Waals surface area contributed by atoms with E-state index in [1.165, 1.54) is 18.2 Å². The number of nitrogen functional groups attached to an aromatic ring is 1. The second-order valence-electron chi connectivity index (χ2n) is 3.27. The van der Waals surface area contributed by atoms with Gasteiger partial charge in [-0.3, -0.25) is 0 Å². The number of nitrogens with zero attached hydrogens (tertiary/aromatic N) is 1. The molecule has 2 heterocycles. The molecule has 0 unspecified atom stereocenters. The third-order valence-corrected chi connectivity index (χ3v) is 2.27. The summed E-state index contributed by atoms with van der Waals surface area (Å²) >= 11 is 0. The summed E-state index contributed by atoms with van der Waals surface area (Å²) in [6, 6.07) is 4.22. The molecule has 16 heavy (non-hydrogen) atoms. The number of hydrogen-bond acceptors (Lipinski definition) is 5. The van der Waals surface area contributed by atoms with E-state index < -0.39 is 5.82 Å². The molecule has 3 rings (SSSR count). The van der Waals surface area contributed by atoms with Crippen LogP contribution in [-0.4, -0.2) is 11.9 Å². The van der Waals surface area contributed by atoms with Crippen molar-refractivity contribution in [2.24, 2.45) is 0 Å². The van der Waals surface area contributed by atoms with Crippen molar-refractivity contribution in [2.75, 3.05) is 12.5 Å². The van der Waals surface area contributed by atoms with Gasteiger partial charge in [-0.1, -0.05) is 5.16 Å². The van der Waals surface area contributed by atoms with Gasteiger partial charge < -0.3 is 19.7 Å². The quantitative estimate of drug-likeness (QED) is 0.796. The minimum absolute atomic E-state index is 0.0686. The summed E-state index contributed by atoms with van der Waals surface area (Å²) < 4.78 is 28.7. The van der Waals surface area contributed by atoms with Crippen molar-refractivity contribution in [3.63, 3.8) is 0 Å². The molecule has 0 spiro atoms. The molecule has 1 aliphatic rings. The van der Waals surface area contributed by atoms with E-state index in [1.54, 1.807) is 0 Å². The Morgan fingerprint density at radius 1 is 1.31 bits per heavy atom. The lowest BCUT2D eigenvalue weighted by molar-refractivity contribution is 0.174. The summed E-state index contributed by atoms with van der Waals surface area (Å²) in [5.41, 5.74) is 5.88. The van der Waals surface area contributed by atoms with Gasteiger partial charge >= 0.3 is 0 Å². The maximum atomic E-state index is 13.7. The van der Waals surface area contributed by atoms with Gasteiger partial charge in [0.2, 0.25) is 12.7 Å². The highest BCUT2D eigenvalue weighted by molar-refractivity contribution is 5.73. The predicted octanol–water partition coefficient (Wildman–Crippen LogP) is 1.79. The highest BCUT2D eigenvalue weighted by Gasteiger charge is 2.24. The zero-order valence-corrected chi connectivity index (χ0v) is 8.07. The SMILES string of the molecule is Nc1cc(-c2c(F)ccc3c2OCO3)no1. The zero-order valence-electron chi connectivity index (χ0n) is 8.07. The van der Waals surface area contributed by atoms with Gasteiger partial charge in [0.15, 0.2) is 11.5 Å². The van der Waals surface area contributed by atoms with Gasteiger partial charge in [0.1, 0.15) is 11.5 Å². The first-order valence-corrected chi connectivity index (χ1v) is 4.56. The van der Waals surface area contributed by atoms with Crippen LogP contribution in [0.2, 0.25) is 0 Å². The van der Waals surface area contributed by atoms with E-state index in [0.29, 0.717) is 11.5 Å². The van der Waals surface area contributed by atoms with Crippen LogP contribution in [0.5, 0.6) is 11.5 Å². The third-order valence-electron chi connectivity index (χ3n) is 2.27. The molecule has 6 heteroatoms. The topological polar surface area (TPSA) is 70.5 Å². The maximum absolute atomic E-state index is 13.7. The minimum Gasteiger partial charge on any atom is -0.454 e. The fraction of sp³-hybridized carbons (Fsp3) is 0.100. The number of hydrogen-bond donors (Lipinski definition) is 1. The molecule has 5 nitrogen and oxygen atoms in total. The van der Waals surface area contributed by atoms with Crippen molar-refractivity contribution in [2.45, 2.75) is 0 Å². The number of nitrogens with two attached hydrogens (primary N) is 1. The number of aromatic nitrogens is 1. The lowest BCUT2D eigenvalue weighted by Crippen LogP contribution is -1.94. The summed E-state index contributed by atoms with van der Waals surface area (Å²) in [4.78, 5) is 0. The molecule has 0 bridgehead atoms. The van der Waals surface area contributed by atoms with Crippen molar-refractivity contribution >= 4 is 5.88 Å². The van der Waals surface area contributed by atoms with E-state index in [9.17, 15) is 4.39 Å². The third kappa shape index (κ3) is 1.19. The number of halogens is 1. The van der Waals surface area contributed by atoms with Crippen LogP contribution in [0.3, 0.4) is 0 Å². The molecule has 1 aliphatic heterocycles. The van der Waals surface area contributed by atoms with Gasteiger partial charge in [0, 0.05) is 6.07 Å². The fourth-order valence-electron chi connectivity index (χ4n) is 1.59. The second-order valence-corrected chi connectivity index (χ2v) is 3.27. The Hall–Kier alpha value is -2.24. The Kier molecular flexibility index (Phi) is 1.76. The average molecular weight is 222 g/mol. The van der Waals surface area contributed by atoms with Crippen molar-refractivity contribution < 1.29 is 18.4 Å². The van der Waals surface area contributed by atoms with E-state index >= 15 is 0 Å². The maximum Gasteiger partial charge on any atom is 0.231 e. The Balaban J connectivity index is 2.23. The van der Waals surface area contributed by atoms with Crippen molar-refractivity contribution in [1.82, 2.24) is 5.16 Å². The minimum atomic E-state index is -0.461. The zero-order chi connectivity index (χ0) is 11.1. The Bertz CT molecular complexity index is 553. The molecule has 82 valence electrons. The Morgan fingerprint density at radius 3 is 2.94 bits per heavy atom. The number of fused-ring (bicyclic) bond motifs is 1. The van der Waals surface area contributed by atoms with E-state index in [-0.39, 0.29) is 23.9 Å². The highest BCUT2D eigenvalue weighted by atomic mass is 19.1. The van der Waals surface area contributed by atoms with Crippen LogP contribution in [0.1, 0.15) is 0 Å². The largest absolute Gasteiger partial charge is 0.454 e. The van der Waals surface area contributed by atoms with Crippen LogP contribution in [-0.2, 0) is 0 Å². The average Bonchev–Trinajstić information content (AvgIpc) is 2.86. The molecule has 1 aromatic carbocycles. The van der Waals surface area contributed by atoms with Gasteiger partial charge in [-0.25, -0.2) is 4.39 Å². The van der Waals surface area contributed by atoms with Crippen LogP contribution in [0.25, 0.3) is 11.3 Å². The molecule has 2 aromatic rings. The summed E-state index contributed by atoms with van der Waals surface area (Å²) in [7, 11) is 0. The monoisotopic (exact) mass is 222 g/mol. The fourth-order valence-corrected chi connectivity index (χ4v) is 1.59. The first-order valence-electron chi connectivity index (χ1n) is 4.56. The van der Waals surface area contributed by atoms with Crippen molar-refractivity contribution in [3.05, 3.63) is 24.0 Å². The van der Waals surface area contributed by atoms with Crippen LogP contribution in [0.4, 0.5) is 10.3 Å². The summed E-state index contributed by atoms with van der Waals surface area (Å²) in [5.74, 6) is 0.467. The Morgan fingerprint density at radius 2 is 2.19 bits per heavy atom. The van der Waals surface area contributed by atoms with Gasteiger partial charge in [-0.15, -0.1) is 0 Å². The van der Waals surface area contributed by atoms with Gasteiger partial charge in [-0.05, 0) is 12.1 Å². The molecule has 1 aromatic heterocycles. The van der Waals surface area contributed by atoms with E-state index in [1.807, 2.05) is 0 Å². The normalized spacial score (nSPS) is 13.1. The molecule has 0 atom stereocenters. The number of benzene rings is 1. The van der Waals surface area contributed by atoms with Gasteiger partial charge in [-0.2, -0.15) is 0 Å². The molecular formula is C10H7FN2O3. The van der Waals surface area contributed by atoms with Crippen LogP contribution < -0.4 is 15.2 Å². The second kappa shape index (κ2) is 3.13. The summed E-state index contributed by atoms with van der Waals surface area (Å²) in [6.45, 7) is 0.0686. The highest BCUT2D eigenvalue weighted by Crippen LogP contribution is 2.42. The van der Waals surface area contributed by atoms with E-state index in [4.69, 9.17) is 19.7 Å². The number of rotatable bonds is 1. The van der Waals surface area contributed by atoms with Crippen LogP contribution in [0, 0.1) is 5.82 Å². The van der Waals surface area contributed by atoms with Gasteiger partial charge in [0.25, 0.3) is 0 Å². The molecule has 0 saturated carbocycles. The molecule has 0 aliphatic carbocycles. The number of ether oxygens (including phenoxy) is 2. The van der Waals surface area contributed by atoms with Crippen molar-refractivity contribution in [1.29, 1.82) is 0 Å². The predicted molar refractivity (Wildman–Crippen MR) is 52.4 cm³/mol. The number of anilines is 1. The van der Waals surface area contributed by atoms with Crippen LogP contribution >= 0.6 is 0 Å². The lowest BCUT2D eigenvalue weighted by Gasteiger charge is -2.03. The first-order chi connectivity index (χ1) is 7.75. The molecule has 0 amide bonds. The van der Waals surface area contributed by atoms with Crippen LogP contribution in [0.15, 0.2) is 22.7 Å². The van der Waals surface area contributed by atoms with Gasteiger partial charge in [0.05, 0.1) is 5.56 Å². The molecular weight excluding hydrogens is 215 g/mol. The summed E-state index contributed by atoms with van der Waals surface area (Å²) in [5, 5.41) is 3.65. The van der Waals surface area contributed by atoms with E-state index in [0.717, 1.165) is 0 Å². The smallest absolute Gasteiger partial charge is 0.231 e.